The lowest BCUT2D eigenvalue weighted by atomic mass is 10.1. The minimum Gasteiger partial charge on any atom is -0.332 e. The van der Waals surface area contributed by atoms with Gasteiger partial charge in [-0.1, -0.05) is 24.3 Å². The fourth-order valence-corrected chi connectivity index (χ4v) is 2.44. The number of nitrogens with zero attached hydrogens (tertiary/aromatic N) is 1. The van der Waals surface area contributed by atoms with Crippen LogP contribution in [0.1, 0.15) is 26.2 Å². The standard InChI is InChI=1S/C11H20N2OS.C6H5F/c1-10(6-9-15-2)12-11(14)13-7-4-3-5-8-13;7-6-4-2-1-3-5-6/h6,9-10H,3-5,7-8H2,1-2H3,(H,12,14);1-5H/b9-6+;. The average molecular weight is 324 g/mol. The number of carbonyl (C=O) groups excluding carboxylic acids is 1. The Morgan fingerprint density at radius 1 is 1.27 bits per heavy atom. The summed E-state index contributed by atoms with van der Waals surface area (Å²) in [5.74, 6) is -0.178. The van der Waals surface area contributed by atoms with Gasteiger partial charge >= 0.3 is 6.03 Å². The van der Waals surface area contributed by atoms with E-state index >= 15 is 0 Å². The van der Waals surface area contributed by atoms with E-state index in [1.54, 1.807) is 30.0 Å². The first-order valence-electron chi connectivity index (χ1n) is 7.59. The van der Waals surface area contributed by atoms with Crippen LogP contribution in [0.25, 0.3) is 0 Å². The molecule has 22 heavy (non-hydrogen) atoms. The molecule has 0 aromatic heterocycles. The number of thioether (sulfide) groups is 1. The third kappa shape index (κ3) is 8.08. The lowest BCUT2D eigenvalue weighted by Gasteiger charge is -2.27. The maximum absolute atomic E-state index is 11.9. The van der Waals surface area contributed by atoms with Crippen LogP contribution in [-0.2, 0) is 0 Å². The Labute approximate surface area is 137 Å². The highest BCUT2D eigenvalue weighted by molar-refractivity contribution is 8.01. The van der Waals surface area contributed by atoms with E-state index in [9.17, 15) is 9.18 Å². The van der Waals surface area contributed by atoms with E-state index in [0.717, 1.165) is 25.9 Å². The monoisotopic (exact) mass is 324 g/mol. The Balaban J connectivity index is 0.000000287. The van der Waals surface area contributed by atoms with Gasteiger partial charge in [-0.05, 0) is 50.0 Å². The second kappa shape index (κ2) is 11.1. The van der Waals surface area contributed by atoms with E-state index in [1.165, 1.54) is 18.6 Å². The average Bonchev–Trinajstić information content (AvgIpc) is 2.55. The third-order valence-corrected chi connectivity index (χ3v) is 3.66. The highest BCUT2D eigenvalue weighted by Crippen LogP contribution is 2.08. The van der Waals surface area contributed by atoms with Gasteiger partial charge in [0.1, 0.15) is 5.82 Å². The van der Waals surface area contributed by atoms with Crippen molar-refractivity contribution in [1.29, 1.82) is 0 Å². The number of nitrogens with one attached hydrogen (secondary N) is 1. The molecule has 0 bridgehead atoms. The van der Waals surface area contributed by atoms with E-state index in [4.69, 9.17) is 0 Å². The number of halogens is 1. The van der Waals surface area contributed by atoms with Crippen molar-refractivity contribution in [3.8, 4) is 0 Å². The van der Waals surface area contributed by atoms with Crippen molar-refractivity contribution >= 4 is 17.8 Å². The normalized spacial score (nSPS) is 15.9. The Morgan fingerprint density at radius 3 is 2.41 bits per heavy atom. The number of hydrogen-bond donors (Lipinski definition) is 1. The molecule has 1 atom stereocenters. The largest absolute Gasteiger partial charge is 0.332 e. The van der Waals surface area contributed by atoms with Gasteiger partial charge in [-0.25, -0.2) is 9.18 Å². The number of hydrogen-bond acceptors (Lipinski definition) is 2. The Morgan fingerprint density at radius 2 is 1.91 bits per heavy atom. The van der Waals surface area contributed by atoms with Crippen LogP contribution < -0.4 is 5.32 Å². The van der Waals surface area contributed by atoms with Gasteiger partial charge in [0.05, 0.1) is 0 Å². The molecule has 2 rings (SSSR count). The zero-order valence-electron chi connectivity index (χ0n) is 13.3. The number of benzene rings is 1. The number of likely N-dealkylation sites (tertiary alicyclic amines) is 1. The van der Waals surface area contributed by atoms with Gasteiger partial charge in [0.2, 0.25) is 0 Å². The molecule has 0 aliphatic carbocycles. The predicted octanol–water partition coefficient (Wildman–Crippen LogP) is 4.27. The van der Waals surface area contributed by atoms with E-state index in [2.05, 4.69) is 5.32 Å². The quantitative estimate of drug-likeness (QED) is 0.900. The summed E-state index contributed by atoms with van der Waals surface area (Å²) in [6.07, 6.45) is 7.55. The second-order valence-corrected chi connectivity index (χ2v) is 5.89. The number of rotatable bonds is 3. The van der Waals surface area contributed by atoms with E-state index < -0.39 is 0 Å². The van der Waals surface area contributed by atoms with E-state index in [0.29, 0.717) is 0 Å². The van der Waals surface area contributed by atoms with Crippen molar-refractivity contribution in [2.45, 2.75) is 32.2 Å². The minimum atomic E-state index is -0.178. The predicted molar refractivity (Wildman–Crippen MR) is 92.5 cm³/mol. The van der Waals surface area contributed by atoms with Gasteiger partial charge in [-0.2, -0.15) is 0 Å². The zero-order valence-corrected chi connectivity index (χ0v) is 14.1. The first-order chi connectivity index (χ1) is 10.6. The molecule has 1 aromatic rings. The Bertz CT molecular complexity index is 447. The van der Waals surface area contributed by atoms with E-state index in [-0.39, 0.29) is 17.9 Å². The maximum atomic E-state index is 11.9. The summed E-state index contributed by atoms with van der Waals surface area (Å²) >= 11 is 1.65. The highest BCUT2D eigenvalue weighted by atomic mass is 32.2. The second-order valence-electron chi connectivity index (χ2n) is 5.15. The topological polar surface area (TPSA) is 32.3 Å². The molecule has 0 radical (unpaired) electrons. The molecule has 1 unspecified atom stereocenters. The fraction of sp³-hybridized carbons (Fsp3) is 0.471. The number of carbonyl (C=O) groups is 1. The number of amides is 2. The summed E-state index contributed by atoms with van der Waals surface area (Å²) in [5.41, 5.74) is 0. The summed E-state index contributed by atoms with van der Waals surface area (Å²) in [4.78, 5) is 13.7. The first kappa shape index (κ1) is 18.6. The molecule has 3 nitrogen and oxygen atoms in total. The van der Waals surface area contributed by atoms with Crippen LogP contribution in [0.3, 0.4) is 0 Å². The third-order valence-electron chi connectivity index (χ3n) is 3.23. The molecule has 1 aliphatic heterocycles. The molecule has 0 saturated carbocycles. The van der Waals surface area contributed by atoms with E-state index in [1.807, 2.05) is 29.6 Å². The van der Waals surface area contributed by atoms with Gasteiger partial charge < -0.3 is 10.2 Å². The lowest BCUT2D eigenvalue weighted by Crippen LogP contribution is -2.45. The van der Waals surface area contributed by atoms with Gasteiger partial charge in [0.15, 0.2) is 0 Å². The summed E-state index contributed by atoms with van der Waals surface area (Å²) < 4.78 is 11.9. The molecule has 1 aliphatic rings. The molecule has 2 amide bonds. The molecular weight excluding hydrogens is 299 g/mol. The fourth-order valence-electron chi connectivity index (χ4n) is 2.04. The van der Waals surface area contributed by atoms with Gasteiger partial charge in [0, 0.05) is 19.1 Å². The van der Waals surface area contributed by atoms with Gasteiger partial charge in [-0.3, -0.25) is 0 Å². The zero-order chi connectivity index (χ0) is 16.2. The van der Waals surface area contributed by atoms with Crippen LogP contribution >= 0.6 is 11.8 Å². The molecular formula is C17H25FN2OS. The van der Waals surface area contributed by atoms with Crippen LogP contribution in [0.4, 0.5) is 9.18 Å². The molecule has 0 spiro atoms. The number of piperidine rings is 1. The molecule has 1 heterocycles. The van der Waals surface area contributed by atoms with Gasteiger partial charge in [0.25, 0.3) is 0 Å². The molecule has 5 heteroatoms. The molecule has 1 N–H and O–H groups in total. The van der Waals surface area contributed by atoms with Crippen LogP contribution in [0, 0.1) is 5.82 Å². The lowest BCUT2D eigenvalue weighted by molar-refractivity contribution is 0.185. The summed E-state index contributed by atoms with van der Waals surface area (Å²) in [5, 5.41) is 4.97. The van der Waals surface area contributed by atoms with Crippen LogP contribution in [0.15, 0.2) is 41.8 Å². The van der Waals surface area contributed by atoms with Crippen molar-refractivity contribution < 1.29 is 9.18 Å². The molecule has 122 valence electrons. The summed E-state index contributed by atoms with van der Waals surface area (Å²) in [7, 11) is 0. The maximum Gasteiger partial charge on any atom is 0.317 e. The minimum absolute atomic E-state index is 0.0768. The molecule has 1 aromatic carbocycles. The Kier molecular flexibility index (Phi) is 9.39. The van der Waals surface area contributed by atoms with Crippen molar-refractivity contribution in [3.05, 3.63) is 47.6 Å². The van der Waals surface area contributed by atoms with Crippen molar-refractivity contribution in [2.75, 3.05) is 19.3 Å². The van der Waals surface area contributed by atoms with Crippen molar-refractivity contribution in [3.63, 3.8) is 0 Å². The summed E-state index contributed by atoms with van der Waals surface area (Å²) in [6.45, 7) is 3.81. The van der Waals surface area contributed by atoms with Crippen LogP contribution in [0.5, 0.6) is 0 Å². The van der Waals surface area contributed by atoms with Crippen LogP contribution in [-0.4, -0.2) is 36.3 Å². The summed E-state index contributed by atoms with van der Waals surface area (Å²) in [6, 6.07) is 8.13. The van der Waals surface area contributed by atoms with Crippen molar-refractivity contribution in [1.82, 2.24) is 10.2 Å². The Hall–Kier alpha value is -1.49. The SMILES string of the molecule is CS/C=C/C(C)NC(=O)N1CCCCC1.Fc1ccccc1. The van der Waals surface area contributed by atoms with Crippen LogP contribution in [0.2, 0.25) is 0 Å². The number of urea groups is 1. The molecule has 1 saturated heterocycles. The highest BCUT2D eigenvalue weighted by Gasteiger charge is 2.16. The van der Waals surface area contributed by atoms with Gasteiger partial charge in [-0.15, -0.1) is 11.8 Å². The smallest absolute Gasteiger partial charge is 0.317 e. The molecule has 1 fully saturated rings. The van der Waals surface area contributed by atoms with Crippen molar-refractivity contribution in [2.24, 2.45) is 0 Å². The first-order valence-corrected chi connectivity index (χ1v) is 8.87.